The van der Waals surface area contributed by atoms with Crippen molar-refractivity contribution in [3.8, 4) is 10.7 Å². The molecule has 0 bridgehead atoms. The summed E-state index contributed by atoms with van der Waals surface area (Å²) in [6, 6.07) is 10.4. The van der Waals surface area contributed by atoms with Gasteiger partial charge in [-0.2, -0.15) is 0 Å². The molecule has 134 valence electrons. The molecule has 2 N–H and O–H groups in total. The first-order valence-corrected chi connectivity index (χ1v) is 11.0. The predicted molar refractivity (Wildman–Crippen MR) is 105 cm³/mol. The molecule has 0 unspecified atom stereocenters. The molecule has 0 saturated heterocycles. The van der Waals surface area contributed by atoms with Gasteiger partial charge in [0.25, 0.3) is 0 Å². The molecule has 7 heteroatoms. The van der Waals surface area contributed by atoms with Crippen LogP contribution in [-0.4, -0.2) is 37.5 Å². The van der Waals surface area contributed by atoms with Crippen LogP contribution in [-0.2, 0) is 17.6 Å². The van der Waals surface area contributed by atoms with Crippen LogP contribution in [0.5, 0.6) is 0 Å². The molecule has 1 atom stereocenters. The van der Waals surface area contributed by atoms with Gasteiger partial charge in [0.15, 0.2) is 11.6 Å². The van der Waals surface area contributed by atoms with Crippen molar-refractivity contribution in [2.24, 2.45) is 0 Å². The van der Waals surface area contributed by atoms with E-state index in [0.717, 1.165) is 34.7 Å². The van der Waals surface area contributed by atoms with Gasteiger partial charge in [0.05, 0.1) is 17.0 Å². The van der Waals surface area contributed by atoms with Gasteiger partial charge in [-0.1, -0.05) is 18.2 Å². The highest BCUT2D eigenvalue weighted by molar-refractivity contribution is 7.91. The maximum atomic E-state index is 12.5. The Morgan fingerprint density at radius 2 is 2.12 bits per heavy atom. The Morgan fingerprint density at radius 3 is 2.85 bits per heavy atom. The van der Waals surface area contributed by atoms with E-state index in [0.29, 0.717) is 23.8 Å². The number of anilines is 1. The fourth-order valence-corrected chi connectivity index (χ4v) is 5.96. The summed E-state index contributed by atoms with van der Waals surface area (Å²) in [6.45, 7) is 0.0661. The minimum Gasteiger partial charge on any atom is -0.611 e. The van der Waals surface area contributed by atoms with Crippen molar-refractivity contribution in [1.29, 1.82) is 0 Å². The molecule has 1 aliphatic carbocycles. The van der Waals surface area contributed by atoms with Gasteiger partial charge in [0.2, 0.25) is 4.90 Å². The van der Waals surface area contributed by atoms with Crippen LogP contribution in [0.25, 0.3) is 20.8 Å². The largest absolute Gasteiger partial charge is 0.611 e. The molecule has 0 radical (unpaired) electrons. The lowest BCUT2D eigenvalue weighted by atomic mass is 9.77. The highest BCUT2D eigenvalue weighted by atomic mass is 32.2. The molecule has 1 aromatic carbocycles. The van der Waals surface area contributed by atoms with E-state index in [4.69, 9.17) is 9.97 Å². The molecule has 1 fully saturated rings. The van der Waals surface area contributed by atoms with E-state index < -0.39 is 11.2 Å². The van der Waals surface area contributed by atoms with Gasteiger partial charge < -0.3 is 15.0 Å². The average molecular weight is 386 g/mol. The maximum Gasteiger partial charge on any atom is 0.216 e. The average Bonchev–Trinajstić information content (AvgIpc) is 3.22. The minimum absolute atomic E-state index is 0.0661. The zero-order valence-corrected chi connectivity index (χ0v) is 15.8. The van der Waals surface area contributed by atoms with E-state index in [2.05, 4.69) is 23.5 Å². The molecule has 3 heterocycles. The van der Waals surface area contributed by atoms with E-state index in [1.807, 2.05) is 12.1 Å². The van der Waals surface area contributed by atoms with Crippen molar-refractivity contribution in [2.75, 3.05) is 17.7 Å². The lowest BCUT2D eigenvalue weighted by Gasteiger charge is -2.41. The second kappa shape index (κ2) is 6.20. The smallest absolute Gasteiger partial charge is 0.216 e. The monoisotopic (exact) mass is 385 g/mol. The molecule has 2 aromatic heterocycles. The molecular weight excluding hydrogens is 366 g/mol. The summed E-state index contributed by atoms with van der Waals surface area (Å²) in [5, 5.41) is 14.4. The Hall–Kier alpha value is -1.67. The van der Waals surface area contributed by atoms with E-state index >= 15 is 0 Å². The SMILES string of the molecule is [O-][S@+]1CCc2nc(-c3cc4ccccc4s3)nc(NC3(CO)CCC3)c21. The maximum absolute atomic E-state index is 12.5. The number of aromatic nitrogens is 2. The first kappa shape index (κ1) is 16.5. The Kier molecular flexibility index (Phi) is 3.93. The number of aryl methyl sites for hydroxylation is 1. The number of aliphatic hydroxyl groups is 1. The molecule has 26 heavy (non-hydrogen) atoms. The number of hydrogen-bond acceptors (Lipinski definition) is 6. The second-order valence-corrected chi connectivity index (χ2v) is 9.63. The van der Waals surface area contributed by atoms with E-state index in [1.54, 1.807) is 11.3 Å². The predicted octanol–water partition coefficient (Wildman–Crippen LogP) is 3.35. The Bertz CT molecular complexity index is 946. The number of rotatable bonds is 4. The molecular formula is C19H19N3O2S2. The molecule has 0 amide bonds. The highest BCUT2D eigenvalue weighted by Gasteiger charge is 2.40. The first-order valence-electron chi connectivity index (χ1n) is 8.85. The van der Waals surface area contributed by atoms with Gasteiger partial charge in [-0.25, -0.2) is 9.97 Å². The summed E-state index contributed by atoms with van der Waals surface area (Å²) >= 11 is 0.602. The Balaban J connectivity index is 1.61. The molecule has 0 spiro atoms. The standard InChI is InChI=1S/C19H19N3O2S2/c23-11-19(7-3-8-19)22-18-16-13(6-9-26(16)24)20-17(21-18)15-10-12-4-1-2-5-14(12)25-15/h1-2,4-5,10,23H,3,6-9,11H2,(H,20,21,22)/t26-/m1/s1. The summed E-state index contributed by atoms with van der Waals surface area (Å²) in [5.74, 6) is 1.92. The molecule has 2 aliphatic rings. The van der Waals surface area contributed by atoms with Crippen LogP contribution in [0.1, 0.15) is 25.0 Å². The summed E-state index contributed by atoms with van der Waals surface area (Å²) in [5.41, 5.74) is 0.549. The van der Waals surface area contributed by atoms with Crippen LogP contribution < -0.4 is 5.32 Å². The van der Waals surface area contributed by atoms with E-state index in [-0.39, 0.29) is 12.1 Å². The van der Waals surface area contributed by atoms with Gasteiger partial charge in [0.1, 0.15) is 11.4 Å². The lowest BCUT2D eigenvalue weighted by molar-refractivity contribution is 0.143. The van der Waals surface area contributed by atoms with Gasteiger partial charge in [0, 0.05) is 11.1 Å². The highest BCUT2D eigenvalue weighted by Crippen LogP contribution is 2.40. The van der Waals surface area contributed by atoms with Crippen LogP contribution in [0.15, 0.2) is 35.2 Å². The summed E-state index contributed by atoms with van der Waals surface area (Å²) in [7, 11) is 0. The summed E-state index contributed by atoms with van der Waals surface area (Å²) < 4.78 is 13.7. The fraction of sp³-hybridized carbons (Fsp3) is 0.368. The third-order valence-corrected chi connectivity index (χ3v) is 7.90. The molecule has 5 nitrogen and oxygen atoms in total. The normalized spacial score (nSPS) is 20.8. The zero-order chi connectivity index (χ0) is 17.7. The van der Waals surface area contributed by atoms with Crippen molar-refractivity contribution in [2.45, 2.75) is 36.1 Å². The Labute approximate surface area is 158 Å². The van der Waals surface area contributed by atoms with Gasteiger partial charge in [-0.3, -0.25) is 0 Å². The third kappa shape index (κ3) is 2.62. The number of hydrogen-bond donors (Lipinski definition) is 2. The van der Waals surface area contributed by atoms with Crippen LogP contribution in [0.4, 0.5) is 5.82 Å². The van der Waals surface area contributed by atoms with Crippen molar-refractivity contribution < 1.29 is 9.66 Å². The van der Waals surface area contributed by atoms with Crippen LogP contribution in [0.2, 0.25) is 0 Å². The number of nitrogens with one attached hydrogen (secondary N) is 1. The summed E-state index contributed by atoms with van der Waals surface area (Å²) in [4.78, 5) is 11.2. The second-order valence-electron chi connectivity index (χ2n) is 7.04. The van der Waals surface area contributed by atoms with Gasteiger partial charge >= 0.3 is 0 Å². The number of fused-ring (bicyclic) bond motifs is 2. The zero-order valence-electron chi connectivity index (χ0n) is 14.2. The number of thiophene rings is 1. The van der Waals surface area contributed by atoms with Crippen LogP contribution in [0, 0.1) is 0 Å². The van der Waals surface area contributed by atoms with Gasteiger partial charge in [-0.05, 0) is 48.0 Å². The topological polar surface area (TPSA) is 81.1 Å². The fourth-order valence-electron chi connectivity index (χ4n) is 3.66. The number of nitrogens with zero attached hydrogens (tertiary/aromatic N) is 2. The van der Waals surface area contributed by atoms with Crippen molar-refractivity contribution in [1.82, 2.24) is 9.97 Å². The first-order chi connectivity index (χ1) is 12.7. The van der Waals surface area contributed by atoms with Crippen LogP contribution in [0.3, 0.4) is 0 Å². The minimum atomic E-state index is -1.07. The van der Waals surface area contributed by atoms with Gasteiger partial charge in [-0.15, -0.1) is 11.3 Å². The molecule has 3 aromatic rings. The number of aliphatic hydroxyl groups excluding tert-OH is 1. The molecule has 5 rings (SSSR count). The van der Waals surface area contributed by atoms with Crippen molar-refractivity contribution in [3.05, 3.63) is 36.0 Å². The van der Waals surface area contributed by atoms with Crippen molar-refractivity contribution >= 4 is 38.4 Å². The Morgan fingerprint density at radius 1 is 1.27 bits per heavy atom. The molecule has 1 aliphatic heterocycles. The molecule has 1 saturated carbocycles. The van der Waals surface area contributed by atoms with Crippen molar-refractivity contribution in [3.63, 3.8) is 0 Å². The lowest BCUT2D eigenvalue weighted by Crippen LogP contribution is -2.48. The van der Waals surface area contributed by atoms with E-state index in [1.165, 1.54) is 10.1 Å². The summed E-state index contributed by atoms with van der Waals surface area (Å²) in [6.07, 6.45) is 3.62. The van der Waals surface area contributed by atoms with E-state index in [9.17, 15) is 9.66 Å². The quantitative estimate of drug-likeness (QED) is 0.673. The third-order valence-electron chi connectivity index (χ3n) is 5.33. The number of benzene rings is 1. The van der Waals surface area contributed by atoms with Crippen LogP contribution >= 0.6 is 11.3 Å².